The van der Waals surface area contributed by atoms with Gasteiger partial charge in [-0.2, -0.15) is 0 Å². The summed E-state index contributed by atoms with van der Waals surface area (Å²) in [5.41, 5.74) is 0.997. The average molecular weight is 255 g/mol. The average Bonchev–Trinajstić information content (AvgIpc) is 2.32. The molecular formula is C13H18FNOS. The molecule has 1 aliphatic rings. The number of hydrogen-bond acceptors (Lipinski definition) is 2. The Bertz CT molecular complexity index is 435. The van der Waals surface area contributed by atoms with Gasteiger partial charge in [-0.05, 0) is 37.1 Å². The second kappa shape index (κ2) is 5.27. The number of halogens is 1. The number of rotatable bonds is 3. The number of fused-ring (bicyclic) bond motifs is 1. The van der Waals surface area contributed by atoms with Gasteiger partial charge in [-0.1, -0.05) is 19.9 Å². The van der Waals surface area contributed by atoms with E-state index >= 15 is 0 Å². The van der Waals surface area contributed by atoms with Crippen molar-refractivity contribution in [1.29, 1.82) is 0 Å². The van der Waals surface area contributed by atoms with Gasteiger partial charge in [0.25, 0.3) is 0 Å². The van der Waals surface area contributed by atoms with E-state index in [-0.39, 0.29) is 17.1 Å². The fourth-order valence-electron chi connectivity index (χ4n) is 2.25. The van der Waals surface area contributed by atoms with Crippen molar-refractivity contribution in [1.82, 2.24) is 5.32 Å². The lowest BCUT2D eigenvalue weighted by molar-refractivity contribution is 0.475. The predicted molar refractivity (Wildman–Crippen MR) is 67.9 cm³/mol. The fourth-order valence-corrected chi connectivity index (χ4v) is 3.72. The van der Waals surface area contributed by atoms with Crippen molar-refractivity contribution < 1.29 is 8.60 Å². The van der Waals surface area contributed by atoms with Gasteiger partial charge in [0.15, 0.2) is 0 Å². The van der Waals surface area contributed by atoms with Gasteiger partial charge in [0.1, 0.15) is 5.82 Å². The molecule has 0 spiro atoms. The molecule has 3 atom stereocenters. The van der Waals surface area contributed by atoms with Crippen molar-refractivity contribution in [3.8, 4) is 0 Å². The Labute approximate surface area is 104 Å². The molecule has 17 heavy (non-hydrogen) atoms. The zero-order valence-corrected chi connectivity index (χ0v) is 11.0. The molecule has 0 saturated carbocycles. The first-order valence-corrected chi connectivity index (χ1v) is 7.28. The Morgan fingerprint density at radius 3 is 3.00 bits per heavy atom. The van der Waals surface area contributed by atoms with Gasteiger partial charge in [-0.3, -0.25) is 4.21 Å². The van der Waals surface area contributed by atoms with Gasteiger partial charge in [-0.25, -0.2) is 4.39 Å². The topological polar surface area (TPSA) is 29.1 Å². The second-order valence-corrected chi connectivity index (χ2v) is 6.37. The van der Waals surface area contributed by atoms with Crippen molar-refractivity contribution in [3.05, 3.63) is 29.6 Å². The van der Waals surface area contributed by atoms with Crippen LogP contribution >= 0.6 is 0 Å². The first-order chi connectivity index (χ1) is 8.13. The smallest absolute Gasteiger partial charge is 0.124 e. The van der Waals surface area contributed by atoms with Crippen LogP contribution in [-0.2, 0) is 10.8 Å². The second-order valence-electron chi connectivity index (χ2n) is 4.53. The molecule has 0 aromatic heterocycles. The third-order valence-electron chi connectivity index (χ3n) is 3.14. The molecule has 0 saturated heterocycles. The number of benzene rings is 1. The van der Waals surface area contributed by atoms with Gasteiger partial charge in [0.2, 0.25) is 0 Å². The lowest BCUT2D eigenvalue weighted by Gasteiger charge is -2.29. The number of hydrogen-bond donors (Lipinski definition) is 1. The quantitative estimate of drug-likeness (QED) is 0.900. The molecule has 0 fully saturated rings. The van der Waals surface area contributed by atoms with Crippen molar-refractivity contribution >= 4 is 10.8 Å². The highest BCUT2D eigenvalue weighted by atomic mass is 32.2. The monoisotopic (exact) mass is 255 g/mol. The van der Waals surface area contributed by atoms with Crippen LogP contribution in [0.25, 0.3) is 0 Å². The Hall–Kier alpha value is -0.740. The maximum Gasteiger partial charge on any atom is 0.124 e. The molecule has 0 bridgehead atoms. The standard InChI is InChI=1S/C13H18FNOS/c1-3-6-15-12-7-9(2)17(16)13-8-10(14)4-5-11(12)13/h4-5,8-9,12,15H,3,6-7H2,1-2H3. The molecule has 0 aliphatic carbocycles. The summed E-state index contributed by atoms with van der Waals surface area (Å²) in [6.45, 7) is 5.01. The van der Waals surface area contributed by atoms with Crippen LogP contribution in [0.15, 0.2) is 23.1 Å². The van der Waals surface area contributed by atoms with Crippen LogP contribution in [0.5, 0.6) is 0 Å². The summed E-state index contributed by atoms with van der Waals surface area (Å²) in [6.07, 6.45) is 1.91. The van der Waals surface area contributed by atoms with E-state index in [9.17, 15) is 8.60 Å². The van der Waals surface area contributed by atoms with Crippen LogP contribution in [0.4, 0.5) is 4.39 Å². The summed E-state index contributed by atoms with van der Waals surface area (Å²) >= 11 is 0. The SMILES string of the molecule is CCCNC1CC(C)S(=O)c2cc(F)ccc21. The highest BCUT2D eigenvalue weighted by Crippen LogP contribution is 2.34. The molecule has 2 rings (SSSR count). The van der Waals surface area contributed by atoms with Crippen molar-refractivity contribution in [2.75, 3.05) is 6.54 Å². The maximum absolute atomic E-state index is 13.2. The third-order valence-corrected chi connectivity index (χ3v) is 4.85. The van der Waals surface area contributed by atoms with Crippen LogP contribution in [0, 0.1) is 5.82 Å². The molecule has 0 radical (unpaired) electrons. The summed E-state index contributed by atoms with van der Waals surface area (Å²) in [5, 5.41) is 3.52. The molecule has 1 aromatic rings. The first kappa shape index (κ1) is 12.7. The summed E-state index contributed by atoms with van der Waals surface area (Å²) in [4.78, 5) is 0.664. The molecule has 1 N–H and O–H groups in total. The van der Waals surface area contributed by atoms with Gasteiger partial charge in [-0.15, -0.1) is 0 Å². The summed E-state index contributed by atoms with van der Waals surface area (Å²) in [5.74, 6) is -0.305. The largest absolute Gasteiger partial charge is 0.310 e. The van der Waals surface area contributed by atoms with E-state index in [2.05, 4.69) is 12.2 Å². The molecule has 1 heterocycles. The summed E-state index contributed by atoms with van der Waals surface area (Å²) < 4.78 is 25.3. The molecule has 4 heteroatoms. The highest BCUT2D eigenvalue weighted by Gasteiger charge is 2.29. The number of nitrogens with one attached hydrogen (secondary N) is 1. The van der Waals surface area contributed by atoms with Crippen LogP contribution in [0.2, 0.25) is 0 Å². The predicted octanol–water partition coefficient (Wildman–Crippen LogP) is 2.77. The van der Waals surface area contributed by atoms with Gasteiger partial charge < -0.3 is 5.32 Å². The first-order valence-electron chi connectivity index (χ1n) is 6.07. The Kier molecular flexibility index (Phi) is 3.94. The van der Waals surface area contributed by atoms with E-state index in [0.29, 0.717) is 4.90 Å². The molecule has 3 unspecified atom stereocenters. The van der Waals surface area contributed by atoms with Crippen LogP contribution in [0.1, 0.15) is 38.3 Å². The van der Waals surface area contributed by atoms with Crippen LogP contribution in [0.3, 0.4) is 0 Å². The van der Waals surface area contributed by atoms with E-state index in [0.717, 1.165) is 24.9 Å². The van der Waals surface area contributed by atoms with Crippen molar-refractivity contribution in [2.45, 2.75) is 42.9 Å². The minimum Gasteiger partial charge on any atom is -0.310 e. The van der Waals surface area contributed by atoms with Crippen molar-refractivity contribution in [3.63, 3.8) is 0 Å². The van der Waals surface area contributed by atoms with Gasteiger partial charge in [0, 0.05) is 16.2 Å². The maximum atomic E-state index is 13.2. The Balaban J connectivity index is 2.35. The van der Waals surface area contributed by atoms with E-state index in [1.165, 1.54) is 12.1 Å². The van der Waals surface area contributed by atoms with Crippen LogP contribution < -0.4 is 5.32 Å². The molecule has 2 nitrogen and oxygen atoms in total. The van der Waals surface area contributed by atoms with Gasteiger partial charge in [0.05, 0.1) is 10.8 Å². The molecule has 1 aliphatic heterocycles. The summed E-state index contributed by atoms with van der Waals surface area (Å²) in [6, 6.07) is 4.84. The molecule has 1 aromatic carbocycles. The molecule has 94 valence electrons. The van der Waals surface area contributed by atoms with Crippen molar-refractivity contribution in [2.24, 2.45) is 0 Å². The minimum atomic E-state index is -1.08. The lowest BCUT2D eigenvalue weighted by Crippen LogP contribution is -2.32. The third kappa shape index (κ3) is 2.58. The highest BCUT2D eigenvalue weighted by molar-refractivity contribution is 7.85. The lowest BCUT2D eigenvalue weighted by atomic mass is 10.0. The zero-order chi connectivity index (χ0) is 12.4. The van der Waals surface area contributed by atoms with Crippen LogP contribution in [-0.4, -0.2) is 16.0 Å². The normalized spacial score (nSPS) is 27.8. The Morgan fingerprint density at radius 2 is 2.29 bits per heavy atom. The molecular weight excluding hydrogens is 237 g/mol. The minimum absolute atomic E-state index is 0.0821. The van der Waals surface area contributed by atoms with E-state index < -0.39 is 10.8 Å². The zero-order valence-electron chi connectivity index (χ0n) is 10.2. The molecule has 0 amide bonds. The van der Waals surface area contributed by atoms with E-state index in [1.807, 2.05) is 6.92 Å². The Morgan fingerprint density at radius 1 is 1.53 bits per heavy atom. The van der Waals surface area contributed by atoms with Gasteiger partial charge >= 0.3 is 0 Å². The van der Waals surface area contributed by atoms with E-state index in [1.54, 1.807) is 6.07 Å². The summed E-state index contributed by atoms with van der Waals surface area (Å²) in [7, 11) is -1.08. The van der Waals surface area contributed by atoms with E-state index in [4.69, 9.17) is 0 Å². The fraction of sp³-hybridized carbons (Fsp3) is 0.538.